The monoisotopic (exact) mass is 355 g/mol. The Morgan fingerprint density at radius 2 is 2.08 bits per heavy atom. The van der Waals surface area contributed by atoms with E-state index in [1.165, 1.54) is 37.6 Å². The number of hydrogen-bond donors (Lipinski definition) is 0. The van der Waals surface area contributed by atoms with Gasteiger partial charge in [0.05, 0.1) is 31.4 Å². The van der Waals surface area contributed by atoms with E-state index < -0.39 is 0 Å². The van der Waals surface area contributed by atoms with Gasteiger partial charge in [0.2, 0.25) is 0 Å². The minimum Gasteiger partial charge on any atom is -0.380 e. The van der Waals surface area contributed by atoms with Crippen molar-refractivity contribution in [3.8, 4) is 0 Å². The molecule has 3 heterocycles. The lowest BCUT2D eigenvalue weighted by molar-refractivity contribution is 0.0568. The predicted molar refractivity (Wildman–Crippen MR) is 95.5 cm³/mol. The van der Waals surface area contributed by atoms with Crippen LogP contribution < -0.4 is 0 Å². The van der Waals surface area contributed by atoms with Crippen molar-refractivity contribution in [2.45, 2.75) is 38.1 Å². The number of imidazole rings is 1. The van der Waals surface area contributed by atoms with Crippen molar-refractivity contribution < 1.29 is 9.53 Å². The molecular formula is C19H25N5O2. The van der Waals surface area contributed by atoms with Crippen LogP contribution in [0, 0.1) is 5.92 Å². The van der Waals surface area contributed by atoms with Crippen molar-refractivity contribution in [3.05, 3.63) is 42.0 Å². The van der Waals surface area contributed by atoms with E-state index in [0.717, 1.165) is 12.3 Å². The maximum Gasteiger partial charge on any atom is 0.274 e. The standard InChI is InChI=1S/C19H25N5O2/c1-23-13-22-17-10-24(19(25)16-8-20-6-7-21-16)9-15(18(17)23)12-26-11-14-4-2-3-5-14/h6-8,13-15H,2-5,9-12H2,1H3/t15-/m0/s1. The highest BCUT2D eigenvalue weighted by Gasteiger charge is 2.32. The first-order chi connectivity index (χ1) is 12.7. The van der Waals surface area contributed by atoms with Gasteiger partial charge in [-0.1, -0.05) is 12.8 Å². The second kappa shape index (κ2) is 7.53. The van der Waals surface area contributed by atoms with E-state index in [2.05, 4.69) is 19.5 Å². The molecule has 1 amide bonds. The number of hydrogen-bond acceptors (Lipinski definition) is 5. The Morgan fingerprint density at radius 3 is 2.85 bits per heavy atom. The molecular weight excluding hydrogens is 330 g/mol. The lowest BCUT2D eigenvalue weighted by Gasteiger charge is -2.32. The van der Waals surface area contributed by atoms with Crippen molar-refractivity contribution in [1.29, 1.82) is 0 Å². The molecule has 0 radical (unpaired) electrons. The lowest BCUT2D eigenvalue weighted by Crippen LogP contribution is -2.40. The van der Waals surface area contributed by atoms with Crippen LogP contribution in [-0.2, 0) is 18.3 Å². The summed E-state index contributed by atoms with van der Waals surface area (Å²) in [5.74, 6) is 0.727. The Bertz CT molecular complexity index is 755. The van der Waals surface area contributed by atoms with E-state index in [-0.39, 0.29) is 11.8 Å². The van der Waals surface area contributed by atoms with Gasteiger partial charge in [0.25, 0.3) is 5.91 Å². The van der Waals surface area contributed by atoms with Crippen LogP contribution in [-0.4, -0.2) is 50.1 Å². The molecule has 1 atom stereocenters. The van der Waals surface area contributed by atoms with Gasteiger partial charge in [0.1, 0.15) is 5.69 Å². The van der Waals surface area contributed by atoms with Crippen molar-refractivity contribution in [2.24, 2.45) is 13.0 Å². The number of nitrogens with zero attached hydrogens (tertiary/aromatic N) is 5. The molecule has 1 fully saturated rings. The number of amides is 1. The van der Waals surface area contributed by atoms with Crippen molar-refractivity contribution in [2.75, 3.05) is 19.8 Å². The Kier molecular flexibility index (Phi) is 4.97. The summed E-state index contributed by atoms with van der Waals surface area (Å²) in [6.07, 6.45) is 11.7. The normalized spacial score (nSPS) is 20.3. The lowest BCUT2D eigenvalue weighted by atomic mass is 9.98. The molecule has 0 N–H and O–H groups in total. The molecule has 4 rings (SSSR count). The van der Waals surface area contributed by atoms with Crippen LogP contribution in [0.15, 0.2) is 24.9 Å². The number of ether oxygens (including phenoxy) is 1. The minimum atomic E-state index is -0.102. The fourth-order valence-corrected chi connectivity index (χ4v) is 4.14. The van der Waals surface area contributed by atoms with Gasteiger partial charge in [-0.15, -0.1) is 0 Å². The van der Waals surface area contributed by atoms with Crippen molar-refractivity contribution in [3.63, 3.8) is 0 Å². The molecule has 2 aromatic heterocycles. The fourth-order valence-electron chi connectivity index (χ4n) is 4.14. The summed E-state index contributed by atoms with van der Waals surface area (Å²) in [7, 11) is 2.01. The summed E-state index contributed by atoms with van der Waals surface area (Å²) >= 11 is 0. The van der Waals surface area contributed by atoms with Crippen LogP contribution in [0.2, 0.25) is 0 Å². The molecule has 0 unspecified atom stereocenters. The molecule has 0 aromatic carbocycles. The number of aromatic nitrogens is 4. The van der Waals surface area contributed by atoms with Gasteiger partial charge in [-0.25, -0.2) is 9.97 Å². The Balaban J connectivity index is 1.47. The summed E-state index contributed by atoms with van der Waals surface area (Å²) in [5, 5.41) is 0. The van der Waals surface area contributed by atoms with E-state index in [4.69, 9.17) is 4.74 Å². The number of fused-ring (bicyclic) bond motifs is 1. The zero-order valence-electron chi connectivity index (χ0n) is 15.2. The van der Waals surface area contributed by atoms with Gasteiger partial charge in [-0.3, -0.25) is 9.78 Å². The molecule has 1 saturated carbocycles. The van der Waals surface area contributed by atoms with Crippen LogP contribution in [0.4, 0.5) is 0 Å². The average Bonchev–Trinajstić information content (AvgIpc) is 3.32. The SMILES string of the molecule is Cn1cnc2c1[C@H](COCC1CCCC1)CN(C(=O)c1cnccn1)C2. The number of carbonyl (C=O) groups is 1. The van der Waals surface area contributed by atoms with Crippen LogP contribution in [0.5, 0.6) is 0 Å². The molecule has 0 bridgehead atoms. The maximum atomic E-state index is 12.8. The second-order valence-corrected chi connectivity index (χ2v) is 7.35. The molecule has 1 aliphatic heterocycles. The van der Waals surface area contributed by atoms with E-state index >= 15 is 0 Å². The van der Waals surface area contributed by atoms with Gasteiger partial charge in [-0.05, 0) is 18.8 Å². The molecule has 0 spiro atoms. The quantitative estimate of drug-likeness (QED) is 0.822. The van der Waals surface area contributed by atoms with Gasteiger partial charge in [0, 0.05) is 44.2 Å². The first-order valence-corrected chi connectivity index (χ1v) is 9.35. The molecule has 2 aromatic rings. The maximum absolute atomic E-state index is 12.8. The van der Waals surface area contributed by atoms with Gasteiger partial charge in [0.15, 0.2) is 0 Å². The highest BCUT2D eigenvalue weighted by molar-refractivity contribution is 5.92. The zero-order valence-corrected chi connectivity index (χ0v) is 15.2. The molecule has 2 aliphatic rings. The van der Waals surface area contributed by atoms with E-state index in [1.54, 1.807) is 12.4 Å². The van der Waals surface area contributed by atoms with Gasteiger partial charge in [-0.2, -0.15) is 0 Å². The highest BCUT2D eigenvalue weighted by Crippen LogP contribution is 2.29. The molecule has 7 heteroatoms. The van der Waals surface area contributed by atoms with Crippen LogP contribution in [0.25, 0.3) is 0 Å². The Labute approximate surface area is 153 Å². The summed E-state index contributed by atoms with van der Waals surface area (Å²) in [5.41, 5.74) is 2.50. The van der Waals surface area contributed by atoms with Crippen molar-refractivity contribution in [1.82, 2.24) is 24.4 Å². The van der Waals surface area contributed by atoms with E-state index in [1.807, 2.05) is 18.3 Å². The summed E-state index contributed by atoms with van der Waals surface area (Å²) in [6.45, 7) is 2.56. The van der Waals surface area contributed by atoms with E-state index in [9.17, 15) is 4.79 Å². The summed E-state index contributed by atoms with van der Waals surface area (Å²) in [6, 6.07) is 0. The van der Waals surface area contributed by atoms with E-state index in [0.29, 0.717) is 31.3 Å². The van der Waals surface area contributed by atoms with Crippen LogP contribution >= 0.6 is 0 Å². The third-order valence-corrected chi connectivity index (χ3v) is 5.45. The third kappa shape index (κ3) is 3.49. The Hall–Kier alpha value is -2.28. The third-order valence-electron chi connectivity index (χ3n) is 5.45. The molecule has 0 saturated heterocycles. The summed E-state index contributed by atoms with van der Waals surface area (Å²) < 4.78 is 8.12. The molecule has 1 aliphatic carbocycles. The average molecular weight is 355 g/mol. The first kappa shape index (κ1) is 17.1. The second-order valence-electron chi connectivity index (χ2n) is 7.35. The number of rotatable bonds is 5. The van der Waals surface area contributed by atoms with Gasteiger partial charge < -0.3 is 14.2 Å². The molecule has 7 nitrogen and oxygen atoms in total. The first-order valence-electron chi connectivity index (χ1n) is 9.35. The van der Waals surface area contributed by atoms with Crippen LogP contribution in [0.1, 0.15) is 53.5 Å². The Morgan fingerprint density at radius 1 is 1.23 bits per heavy atom. The predicted octanol–water partition coefficient (Wildman–Crippen LogP) is 2.16. The minimum absolute atomic E-state index is 0.102. The van der Waals surface area contributed by atoms with Crippen LogP contribution in [0.3, 0.4) is 0 Å². The number of aryl methyl sites for hydroxylation is 1. The van der Waals surface area contributed by atoms with Gasteiger partial charge >= 0.3 is 0 Å². The fraction of sp³-hybridized carbons (Fsp3) is 0.579. The zero-order chi connectivity index (χ0) is 17.9. The number of carbonyl (C=O) groups excluding carboxylic acids is 1. The topological polar surface area (TPSA) is 73.1 Å². The molecule has 26 heavy (non-hydrogen) atoms. The highest BCUT2D eigenvalue weighted by atomic mass is 16.5. The smallest absolute Gasteiger partial charge is 0.274 e. The summed E-state index contributed by atoms with van der Waals surface area (Å²) in [4.78, 5) is 27.2. The van der Waals surface area contributed by atoms with Crippen molar-refractivity contribution >= 4 is 5.91 Å². The molecule has 138 valence electrons. The largest absolute Gasteiger partial charge is 0.380 e.